The number of carbonyl (C=O) groups is 1. The summed E-state index contributed by atoms with van der Waals surface area (Å²) < 4.78 is 5.83. The average molecular weight is 381 g/mol. The quantitative estimate of drug-likeness (QED) is 0.559. The van der Waals surface area contributed by atoms with Crippen LogP contribution in [0.2, 0.25) is 5.15 Å². The molecule has 0 aliphatic rings. The molecule has 0 bridgehead atoms. The van der Waals surface area contributed by atoms with E-state index in [1.807, 2.05) is 42.5 Å². The van der Waals surface area contributed by atoms with E-state index in [1.54, 1.807) is 24.4 Å². The van der Waals surface area contributed by atoms with Crippen LogP contribution in [0.15, 0.2) is 66.9 Å². The maximum absolute atomic E-state index is 12.7. The van der Waals surface area contributed by atoms with E-state index in [-0.39, 0.29) is 5.91 Å². The van der Waals surface area contributed by atoms with E-state index in [0.717, 1.165) is 11.3 Å². The summed E-state index contributed by atoms with van der Waals surface area (Å²) in [6, 6.07) is 18.6. The summed E-state index contributed by atoms with van der Waals surface area (Å²) in [5.41, 5.74) is 3.33. The number of para-hydroxylation sites is 1. The van der Waals surface area contributed by atoms with Gasteiger partial charge in [-0.3, -0.25) is 4.79 Å². The van der Waals surface area contributed by atoms with Gasteiger partial charge < -0.3 is 10.1 Å². The number of aromatic nitrogens is 1. The third-order valence-electron chi connectivity index (χ3n) is 4.15. The average Bonchev–Trinajstić information content (AvgIpc) is 2.68. The molecule has 0 fully saturated rings. The molecule has 5 heteroatoms. The highest BCUT2D eigenvalue weighted by molar-refractivity contribution is 6.29. The largest absolute Gasteiger partial charge is 0.488 e. The van der Waals surface area contributed by atoms with Crippen molar-refractivity contribution in [1.29, 1.82) is 0 Å². The number of rotatable bonds is 6. The number of nitrogens with one attached hydrogen (secondary N) is 1. The number of nitrogens with zero attached hydrogens (tertiary/aromatic N) is 1. The number of pyridine rings is 1. The van der Waals surface area contributed by atoms with Crippen molar-refractivity contribution in [2.45, 2.75) is 26.4 Å². The number of anilines is 1. The molecule has 0 spiro atoms. The van der Waals surface area contributed by atoms with Gasteiger partial charge in [0.15, 0.2) is 0 Å². The van der Waals surface area contributed by atoms with Crippen LogP contribution in [0.1, 0.15) is 41.3 Å². The summed E-state index contributed by atoms with van der Waals surface area (Å²) >= 11 is 5.79. The van der Waals surface area contributed by atoms with Crippen molar-refractivity contribution in [2.75, 3.05) is 5.32 Å². The first-order chi connectivity index (χ1) is 13.0. The Morgan fingerprint density at radius 1 is 1.07 bits per heavy atom. The highest BCUT2D eigenvalue weighted by Gasteiger charge is 2.13. The fourth-order valence-corrected chi connectivity index (χ4v) is 2.69. The molecule has 0 aliphatic heterocycles. The number of hydrogen-bond acceptors (Lipinski definition) is 3. The lowest BCUT2D eigenvalue weighted by Gasteiger charge is -2.12. The molecule has 138 valence electrons. The van der Waals surface area contributed by atoms with Crippen LogP contribution in [0.5, 0.6) is 5.75 Å². The third-order valence-corrected chi connectivity index (χ3v) is 4.37. The number of benzene rings is 2. The molecule has 0 saturated heterocycles. The second-order valence-corrected chi connectivity index (χ2v) is 6.89. The van der Waals surface area contributed by atoms with Gasteiger partial charge in [-0.25, -0.2) is 4.98 Å². The predicted octanol–water partition coefficient (Wildman–Crippen LogP) is 5.69. The Labute approximate surface area is 164 Å². The van der Waals surface area contributed by atoms with Crippen LogP contribution in [0.25, 0.3) is 0 Å². The van der Waals surface area contributed by atoms with Gasteiger partial charge in [-0.1, -0.05) is 55.8 Å². The van der Waals surface area contributed by atoms with Crippen molar-refractivity contribution in [2.24, 2.45) is 0 Å². The van der Waals surface area contributed by atoms with Crippen molar-refractivity contribution in [3.63, 3.8) is 0 Å². The van der Waals surface area contributed by atoms with E-state index in [2.05, 4.69) is 24.1 Å². The lowest BCUT2D eigenvalue weighted by molar-refractivity contribution is 0.102. The molecule has 1 heterocycles. The Hall–Kier alpha value is -2.85. The van der Waals surface area contributed by atoms with Crippen molar-refractivity contribution >= 4 is 23.2 Å². The molecular weight excluding hydrogens is 360 g/mol. The van der Waals surface area contributed by atoms with Crippen LogP contribution in [0.4, 0.5) is 5.69 Å². The summed E-state index contributed by atoms with van der Waals surface area (Å²) in [4.78, 5) is 16.7. The normalized spacial score (nSPS) is 10.7. The Balaban J connectivity index is 1.70. The van der Waals surface area contributed by atoms with Crippen LogP contribution in [0.3, 0.4) is 0 Å². The minimum Gasteiger partial charge on any atom is -0.488 e. The molecule has 0 aliphatic carbocycles. The smallest absolute Gasteiger partial charge is 0.259 e. The minimum atomic E-state index is -0.211. The van der Waals surface area contributed by atoms with Crippen molar-refractivity contribution in [1.82, 2.24) is 4.98 Å². The molecule has 2 aromatic carbocycles. The first kappa shape index (κ1) is 18.9. The first-order valence-electron chi connectivity index (χ1n) is 8.76. The predicted molar refractivity (Wildman–Crippen MR) is 109 cm³/mol. The molecule has 0 unspecified atom stereocenters. The number of carbonyl (C=O) groups excluding carboxylic acids is 1. The van der Waals surface area contributed by atoms with Crippen LogP contribution >= 0.6 is 11.6 Å². The molecule has 0 atom stereocenters. The van der Waals surface area contributed by atoms with Gasteiger partial charge in [-0.05, 0) is 41.8 Å². The standard InChI is InChI=1S/C22H21ClN2O2/c1-15(2)17-8-10-18(11-9-17)25-22(26)19-5-3-4-6-20(19)27-14-16-7-12-21(23)24-13-16/h3-13,15H,14H2,1-2H3,(H,25,26). The lowest BCUT2D eigenvalue weighted by atomic mass is 10.0. The topological polar surface area (TPSA) is 51.2 Å². The van der Waals surface area contributed by atoms with Gasteiger partial charge in [-0.15, -0.1) is 0 Å². The van der Waals surface area contributed by atoms with Gasteiger partial charge in [0.2, 0.25) is 0 Å². The zero-order valence-corrected chi connectivity index (χ0v) is 16.0. The number of hydrogen-bond donors (Lipinski definition) is 1. The summed E-state index contributed by atoms with van der Waals surface area (Å²) in [6.07, 6.45) is 1.65. The number of amides is 1. The fraction of sp³-hybridized carbons (Fsp3) is 0.182. The molecule has 1 amide bonds. The van der Waals surface area contributed by atoms with Gasteiger partial charge >= 0.3 is 0 Å². The van der Waals surface area contributed by atoms with E-state index < -0.39 is 0 Å². The van der Waals surface area contributed by atoms with Gasteiger partial charge in [-0.2, -0.15) is 0 Å². The van der Waals surface area contributed by atoms with Gasteiger partial charge in [0.1, 0.15) is 17.5 Å². The highest BCUT2D eigenvalue weighted by atomic mass is 35.5. The summed E-state index contributed by atoms with van der Waals surface area (Å²) in [6.45, 7) is 4.58. The third kappa shape index (κ3) is 5.08. The van der Waals surface area contributed by atoms with Crippen LogP contribution < -0.4 is 10.1 Å². The molecule has 0 radical (unpaired) electrons. The molecule has 4 nitrogen and oxygen atoms in total. The van der Waals surface area contributed by atoms with E-state index >= 15 is 0 Å². The lowest BCUT2D eigenvalue weighted by Crippen LogP contribution is -2.13. The summed E-state index contributed by atoms with van der Waals surface area (Å²) in [7, 11) is 0. The highest BCUT2D eigenvalue weighted by Crippen LogP contribution is 2.22. The Bertz CT molecular complexity index is 906. The van der Waals surface area contributed by atoms with E-state index in [0.29, 0.717) is 29.0 Å². The fourth-order valence-electron chi connectivity index (χ4n) is 2.58. The number of ether oxygens (including phenoxy) is 1. The van der Waals surface area contributed by atoms with Crippen LogP contribution in [-0.2, 0) is 6.61 Å². The molecule has 27 heavy (non-hydrogen) atoms. The van der Waals surface area contributed by atoms with E-state index in [9.17, 15) is 4.79 Å². The second kappa shape index (κ2) is 8.69. The minimum absolute atomic E-state index is 0.211. The monoisotopic (exact) mass is 380 g/mol. The zero-order chi connectivity index (χ0) is 19.2. The Morgan fingerprint density at radius 2 is 1.81 bits per heavy atom. The van der Waals surface area contributed by atoms with Crippen molar-refractivity contribution in [3.8, 4) is 5.75 Å². The number of halogens is 1. The van der Waals surface area contributed by atoms with Gasteiger partial charge in [0, 0.05) is 17.4 Å². The van der Waals surface area contributed by atoms with Gasteiger partial charge in [0.25, 0.3) is 5.91 Å². The maximum Gasteiger partial charge on any atom is 0.259 e. The molecule has 0 saturated carbocycles. The van der Waals surface area contributed by atoms with Crippen LogP contribution in [-0.4, -0.2) is 10.9 Å². The molecule has 3 aromatic rings. The van der Waals surface area contributed by atoms with Gasteiger partial charge in [0.05, 0.1) is 5.56 Å². The summed E-state index contributed by atoms with van der Waals surface area (Å²) in [5, 5.41) is 3.35. The SMILES string of the molecule is CC(C)c1ccc(NC(=O)c2ccccc2OCc2ccc(Cl)nc2)cc1. The Kier molecular flexibility index (Phi) is 6.09. The second-order valence-electron chi connectivity index (χ2n) is 6.50. The molecular formula is C22H21ClN2O2. The molecule has 3 rings (SSSR count). The van der Waals surface area contributed by atoms with E-state index in [1.165, 1.54) is 5.56 Å². The van der Waals surface area contributed by atoms with Crippen LogP contribution in [0, 0.1) is 0 Å². The van der Waals surface area contributed by atoms with E-state index in [4.69, 9.17) is 16.3 Å². The first-order valence-corrected chi connectivity index (χ1v) is 9.14. The zero-order valence-electron chi connectivity index (χ0n) is 15.3. The Morgan fingerprint density at radius 3 is 2.48 bits per heavy atom. The van der Waals surface area contributed by atoms with Crippen molar-refractivity contribution < 1.29 is 9.53 Å². The van der Waals surface area contributed by atoms with Crippen molar-refractivity contribution in [3.05, 3.63) is 88.7 Å². The molecule has 1 aromatic heterocycles. The molecule has 1 N–H and O–H groups in total. The maximum atomic E-state index is 12.7. The summed E-state index contributed by atoms with van der Waals surface area (Å²) in [5.74, 6) is 0.757.